The lowest BCUT2D eigenvalue weighted by Crippen LogP contribution is -2.37. The number of carboxylic acids is 1. The fraction of sp³-hybridized carbons (Fsp3) is 0.296. The van der Waals surface area contributed by atoms with E-state index in [-0.39, 0.29) is 44.0 Å². The summed E-state index contributed by atoms with van der Waals surface area (Å²) in [6.45, 7) is 3.90. The van der Waals surface area contributed by atoms with Gasteiger partial charge in [-0.05, 0) is 72.4 Å². The van der Waals surface area contributed by atoms with E-state index in [1.54, 1.807) is 31.2 Å². The minimum absolute atomic E-state index is 0.0229. The summed E-state index contributed by atoms with van der Waals surface area (Å²) in [6.07, 6.45) is 0.917. The van der Waals surface area contributed by atoms with Gasteiger partial charge in [-0.25, -0.2) is 13.6 Å². The molecule has 0 bridgehead atoms. The van der Waals surface area contributed by atoms with E-state index in [9.17, 15) is 23.5 Å². The molecule has 0 radical (unpaired) electrons. The molecule has 2 aromatic carbocycles. The molecular formula is C27H26F2N2O5. The summed E-state index contributed by atoms with van der Waals surface area (Å²) < 4.78 is 39.9. The van der Waals surface area contributed by atoms with Crippen LogP contribution in [0.1, 0.15) is 34.9 Å². The van der Waals surface area contributed by atoms with Gasteiger partial charge in [-0.2, -0.15) is 0 Å². The van der Waals surface area contributed by atoms with E-state index in [1.807, 2.05) is 6.92 Å². The predicted molar refractivity (Wildman–Crippen MR) is 128 cm³/mol. The van der Waals surface area contributed by atoms with Crippen molar-refractivity contribution in [1.82, 2.24) is 9.88 Å². The molecule has 9 heteroatoms. The molecule has 4 rings (SSSR count). The first-order valence-electron chi connectivity index (χ1n) is 11.6. The Kier molecular flexibility index (Phi) is 7.47. The lowest BCUT2D eigenvalue weighted by molar-refractivity contribution is -0.136. The average Bonchev–Trinajstić information content (AvgIpc) is 2.84. The molecule has 0 saturated heterocycles. The van der Waals surface area contributed by atoms with Crippen LogP contribution < -0.4 is 4.74 Å². The summed E-state index contributed by atoms with van der Waals surface area (Å²) in [5.41, 5.74) is 3.58. The number of amides is 1. The zero-order valence-electron chi connectivity index (χ0n) is 20.0. The lowest BCUT2D eigenvalue weighted by Gasteiger charge is -2.30. The number of pyridine rings is 1. The lowest BCUT2D eigenvalue weighted by atomic mass is 9.89. The van der Waals surface area contributed by atoms with E-state index in [2.05, 4.69) is 4.98 Å². The summed E-state index contributed by atoms with van der Waals surface area (Å²) in [5, 5.41) is 9.22. The molecule has 1 aliphatic heterocycles. The predicted octanol–water partition coefficient (Wildman–Crippen LogP) is 5.06. The van der Waals surface area contributed by atoms with Crippen LogP contribution >= 0.6 is 0 Å². The van der Waals surface area contributed by atoms with E-state index in [0.29, 0.717) is 45.7 Å². The molecule has 2 heterocycles. The molecule has 3 aromatic rings. The van der Waals surface area contributed by atoms with Gasteiger partial charge < -0.3 is 19.5 Å². The average molecular weight is 497 g/mol. The number of hydrogen-bond donors (Lipinski definition) is 1. The highest BCUT2D eigenvalue weighted by atomic mass is 19.1. The van der Waals surface area contributed by atoms with Gasteiger partial charge in [0.05, 0.1) is 13.0 Å². The molecule has 36 heavy (non-hydrogen) atoms. The molecular weight excluding hydrogens is 470 g/mol. The maximum absolute atomic E-state index is 14.7. The van der Waals surface area contributed by atoms with Crippen molar-refractivity contribution in [2.24, 2.45) is 0 Å². The maximum atomic E-state index is 14.7. The van der Waals surface area contributed by atoms with Crippen LogP contribution in [0.15, 0.2) is 42.6 Å². The van der Waals surface area contributed by atoms with Crippen LogP contribution in [0.5, 0.6) is 5.75 Å². The van der Waals surface area contributed by atoms with E-state index in [4.69, 9.17) is 9.47 Å². The quantitative estimate of drug-likeness (QED) is 0.492. The smallest absolute Gasteiger partial charge is 0.410 e. The zero-order valence-corrected chi connectivity index (χ0v) is 20.0. The van der Waals surface area contributed by atoms with E-state index < -0.39 is 17.9 Å². The van der Waals surface area contributed by atoms with Gasteiger partial charge in [0.1, 0.15) is 29.7 Å². The van der Waals surface area contributed by atoms with Crippen molar-refractivity contribution in [2.45, 2.75) is 39.8 Å². The van der Waals surface area contributed by atoms with Gasteiger partial charge in [-0.1, -0.05) is 12.1 Å². The summed E-state index contributed by atoms with van der Waals surface area (Å²) >= 11 is 0. The fourth-order valence-corrected chi connectivity index (χ4v) is 4.28. The maximum Gasteiger partial charge on any atom is 0.410 e. The van der Waals surface area contributed by atoms with E-state index in [1.165, 1.54) is 23.2 Å². The molecule has 188 valence electrons. The third-order valence-electron chi connectivity index (χ3n) is 5.99. The number of aromatic nitrogens is 1. The van der Waals surface area contributed by atoms with Crippen LogP contribution in [0.3, 0.4) is 0 Å². The Labute approximate surface area is 207 Å². The molecule has 0 atom stereocenters. The molecule has 0 saturated carbocycles. The van der Waals surface area contributed by atoms with Gasteiger partial charge in [-0.15, -0.1) is 0 Å². The Bertz CT molecular complexity index is 1310. The second-order valence-corrected chi connectivity index (χ2v) is 8.55. The summed E-state index contributed by atoms with van der Waals surface area (Å²) in [7, 11) is 0. The van der Waals surface area contributed by atoms with Crippen molar-refractivity contribution in [2.75, 3.05) is 13.2 Å². The number of carboxylic acid groups (broad SMARTS) is 1. The Morgan fingerprint density at radius 1 is 1.08 bits per heavy atom. The van der Waals surface area contributed by atoms with E-state index >= 15 is 0 Å². The number of aryl methyl sites for hydroxylation is 1. The molecule has 0 spiro atoms. The molecule has 1 amide bonds. The number of halogens is 2. The van der Waals surface area contributed by atoms with Crippen molar-refractivity contribution in [3.63, 3.8) is 0 Å². The molecule has 1 aromatic heterocycles. The number of benzene rings is 2. The number of rotatable bonds is 7. The van der Waals surface area contributed by atoms with Crippen molar-refractivity contribution < 1.29 is 33.0 Å². The number of fused-ring (bicyclic) bond motifs is 1. The van der Waals surface area contributed by atoms with Crippen molar-refractivity contribution in [1.29, 1.82) is 0 Å². The van der Waals surface area contributed by atoms with Crippen LogP contribution in [0.2, 0.25) is 0 Å². The van der Waals surface area contributed by atoms with Crippen LogP contribution in [0.4, 0.5) is 13.6 Å². The van der Waals surface area contributed by atoms with Gasteiger partial charge in [0.25, 0.3) is 0 Å². The fourth-order valence-electron chi connectivity index (χ4n) is 4.28. The van der Waals surface area contributed by atoms with Crippen LogP contribution in [-0.4, -0.2) is 40.2 Å². The standard InChI is InChI=1S/C27H26F2N2O5/c1-3-35-25-7-4-17(12-26(32)33)11-20(25)18-5-6-22(28)19-8-9-31(14-21(18)19)27(34)36-15-24-23(29)10-16(2)13-30-24/h4-7,10-11,13H,3,8-9,12,14-15H2,1-2H3,(H,32,33). The summed E-state index contributed by atoms with van der Waals surface area (Å²) in [5.74, 6) is -1.38. The third-order valence-corrected chi connectivity index (χ3v) is 5.99. The summed E-state index contributed by atoms with van der Waals surface area (Å²) in [6, 6.07) is 9.39. The molecule has 0 aliphatic carbocycles. The normalized spacial score (nSPS) is 12.7. The second-order valence-electron chi connectivity index (χ2n) is 8.55. The first kappa shape index (κ1) is 25.1. The number of carbonyl (C=O) groups excluding carboxylic acids is 1. The Morgan fingerprint density at radius 2 is 1.89 bits per heavy atom. The Morgan fingerprint density at radius 3 is 2.61 bits per heavy atom. The van der Waals surface area contributed by atoms with E-state index in [0.717, 1.165) is 0 Å². The molecule has 1 aliphatic rings. The van der Waals surface area contributed by atoms with Gasteiger partial charge >= 0.3 is 12.1 Å². The molecule has 0 unspecified atom stereocenters. The Hall–Kier alpha value is -4.01. The summed E-state index contributed by atoms with van der Waals surface area (Å²) in [4.78, 5) is 29.5. The van der Waals surface area contributed by atoms with Crippen LogP contribution in [0, 0.1) is 18.6 Å². The number of nitrogens with zero attached hydrogens (tertiary/aromatic N) is 2. The van der Waals surface area contributed by atoms with Gasteiger partial charge in [0.15, 0.2) is 0 Å². The Balaban J connectivity index is 1.63. The van der Waals surface area contributed by atoms with Crippen molar-refractivity contribution in [3.8, 4) is 16.9 Å². The monoisotopic (exact) mass is 496 g/mol. The number of aliphatic carboxylic acids is 1. The first-order chi connectivity index (χ1) is 17.3. The van der Waals surface area contributed by atoms with Crippen LogP contribution in [0.25, 0.3) is 11.1 Å². The topological polar surface area (TPSA) is 89.0 Å². The van der Waals surface area contributed by atoms with Crippen molar-refractivity contribution >= 4 is 12.1 Å². The first-order valence-corrected chi connectivity index (χ1v) is 11.6. The van der Waals surface area contributed by atoms with Gasteiger partial charge in [0.2, 0.25) is 0 Å². The minimum atomic E-state index is -0.973. The zero-order chi connectivity index (χ0) is 25.8. The van der Waals surface area contributed by atoms with Crippen LogP contribution in [-0.2, 0) is 35.5 Å². The molecule has 1 N–H and O–H groups in total. The highest BCUT2D eigenvalue weighted by molar-refractivity contribution is 5.78. The SMILES string of the molecule is CCOc1ccc(CC(=O)O)cc1-c1ccc(F)c2c1CN(C(=O)OCc1ncc(C)cc1F)CC2. The van der Waals surface area contributed by atoms with Gasteiger partial charge in [0, 0.05) is 24.8 Å². The highest BCUT2D eigenvalue weighted by Crippen LogP contribution is 2.38. The highest BCUT2D eigenvalue weighted by Gasteiger charge is 2.28. The largest absolute Gasteiger partial charge is 0.493 e. The molecule has 0 fully saturated rings. The van der Waals surface area contributed by atoms with Gasteiger partial charge in [-0.3, -0.25) is 9.78 Å². The number of carbonyl (C=O) groups is 2. The second kappa shape index (κ2) is 10.7. The number of ether oxygens (including phenoxy) is 2. The number of hydrogen-bond acceptors (Lipinski definition) is 5. The van der Waals surface area contributed by atoms with Crippen molar-refractivity contribution in [3.05, 3.63) is 82.2 Å². The minimum Gasteiger partial charge on any atom is -0.493 e. The third kappa shape index (κ3) is 5.45. The molecule has 7 nitrogen and oxygen atoms in total.